The van der Waals surface area contributed by atoms with Crippen molar-refractivity contribution in [1.82, 2.24) is 10.2 Å². The van der Waals surface area contributed by atoms with Gasteiger partial charge in [0.2, 0.25) is 5.91 Å². The minimum absolute atomic E-state index is 0.0361. The SMILES string of the molecule is CCOC(C)CN1C(=O)CNC1c1ccc(C)cc1C. The van der Waals surface area contributed by atoms with Crippen LogP contribution in [0.1, 0.15) is 36.7 Å². The Morgan fingerprint density at radius 2 is 2.20 bits per heavy atom. The van der Waals surface area contributed by atoms with Crippen molar-refractivity contribution in [2.75, 3.05) is 19.7 Å². The molecule has 1 amide bonds. The Morgan fingerprint density at radius 1 is 1.45 bits per heavy atom. The fourth-order valence-corrected chi connectivity index (χ4v) is 2.77. The van der Waals surface area contributed by atoms with E-state index in [1.54, 1.807) is 0 Å². The quantitative estimate of drug-likeness (QED) is 0.896. The van der Waals surface area contributed by atoms with E-state index in [4.69, 9.17) is 4.74 Å². The Balaban J connectivity index is 2.19. The van der Waals surface area contributed by atoms with Gasteiger partial charge in [0.1, 0.15) is 6.17 Å². The predicted molar refractivity (Wildman–Crippen MR) is 79.5 cm³/mol. The molecule has 2 atom stereocenters. The Bertz CT molecular complexity index is 487. The highest BCUT2D eigenvalue weighted by atomic mass is 16.5. The molecule has 0 saturated carbocycles. The number of amides is 1. The molecule has 1 aliphatic rings. The molecule has 2 unspecified atom stereocenters. The zero-order valence-electron chi connectivity index (χ0n) is 12.8. The summed E-state index contributed by atoms with van der Waals surface area (Å²) in [5, 5.41) is 3.30. The number of nitrogens with one attached hydrogen (secondary N) is 1. The van der Waals surface area contributed by atoms with E-state index < -0.39 is 0 Å². The van der Waals surface area contributed by atoms with E-state index >= 15 is 0 Å². The van der Waals surface area contributed by atoms with Gasteiger partial charge in [0, 0.05) is 13.2 Å². The van der Waals surface area contributed by atoms with Crippen molar-refractivity contribution >= 4 is 5.91 Å². The molecule has 1 aliphatic heterocycles. The molecule has 0 aliphatic carbocycles. The molecule has 0 spiro atoms. The predicted octanol–water partition coefficient (Wildman–Crippen LogP) is 2.16. The molecular weight excluding hydrogens is 252 g/mol. The fourth-order valence-electron chi connectivity index (χ4n) is 2.77. The van der Waals surface area contributed by atoms with Gasteiger partial charge in [-0.3, -0.25) is 10.1 Å². The summed E-state index contributed by atoms with van der Waals surface area (Å²) in [7, 11) is 0. The van der Waals surface area contributed by atoms with E-state index in [9.17, 15) is 4.79 Å². The molecular formula is C16H24N2O2. The molecule has 1 saturated heterocycles. The Hall–Kier alpha value is -1.39. The number of aryl methyl sites for hydroxylation is 2. The van der Waals surface area contributed by atoms with Gasteiger partial charge in [0.25, 0.3) is 0 Å². The van der Waals surface area contributed by atoms with Gasteiger partial charge in [-0.15, -0.1) is 0 Å². The molecule has 0 aromatic heterocycles. The maximum atomic E-state index is 12.1. The largest absolute Gasteiger partial charge is 0.377 e. The van der Waals surface area contributed by atoms with Gasteiger partial charge in [-0.2, -0.15) is 0 Å². The fraction of sp³-hybridized carbons (Fsp3) is 0.562. The van der Waals surface area contributed by atoms with Crippen LogP contribution in [0, 0.1) is 13.8 Å². The first-order chi connectivity index (χ1) is 9.52. The van der Waals surface area contributed by atoms with Gasteiger partial charge in [0.15, 0.2) is 0 Å². The standard InChI is InChI=1S/C16H24N2O2/c1-5-20-13(4)10-18-15(19)9-17-16(18)14-7-6-11(2)8-12(14)3/h6-8,13,16-17H,5,9-10H2,1-4H3. The van der Waals surface area contributed by atoms with Crippen molar-refractivity contribution in [3.8, 4) is 0 Å². The van der Waals surface area contributed by atoms with Gasteiger partial charge >= 0.3 is 0 Å². The Morgan fingerprint density at radius 3 is 2.85 bits per heavy atom. The van der Waals surface area contributed by atoms with E-state index in [2.05, 4.69) is 37.4 Å². The lowest BCUT2D eigenvalue weighted by molar-refractivity contribution is -0.129. The number of hydrogen-bond acceptors (Lipinski definition) is 3. The van der Waals surface area contributed by atoms with Crippen molar-refractivity contribution in [2.24, 2.45) is 0 Å². The summed E-state index contributed by atoms with van der Waals surface area (Å²) in [4.78, 5) is 14.0. The zero-order valence-corrected chi connectivity index (χ0v) is 12.8. The number of benzene rings is 1. The van der Waals surface area contributed by atoms with Crippen LogP contribution in [-0.2, 0) is 9.53 Å². The summed E-state index contributed by atoms with van der Waals surface area (Å²) < 4.78 is 5.56. The molecule has 4 nitrogen and oxygen atoms in total. The molecule has 1 N–H and O–H groups in total. The summed E-state index contributed by atoms with van der Waals surface area (Å²) in [5.74, 6) is 0.140. The second-order valence-corrected chi connectivity index (χ2v) is 5.46. The van der Waals surface area contributed by atoms with Crippen LogP contribution in [0.5, 0.6) is 0 Å². The van der Waals surface area contributed by atoms with Gasteiger partial charge < -0.3 is 9.64 Å². The second kappa shape index (κ2) is 6.37. The average Bonchev–Trinajstić information content (AvgIpc) is 2.72. The molecule has 0 radical (unpaired) electrons. The highest BCUT2D eigenvalue weighted by Gasteiger charge is 2.33. The monoisotopic (exact) mass is 276 g/mol. The first kappa shape index (κ1) is 15.0. The van der Waals surface area contributed by atoms with Crippen molar-refractivity contribution < 1.29 is 9.53 Å². The van der Waals surface area contributed by atoms with Gasteiger partial charge in [0.05, 0.1) is 12.6 Å². The molecule has 1 heterocycles. The van der Waals surface area contributed by atoms with Crippen molar-refractivity contribution in [3.05, 3.63) is 34.9 Å². The summed E-state index contributed by atoms with van der Waals surface area (Å²) in [6, 6.07) is 6.36. The molecule has 2 rings (SSSR count). The van der Waals surface area contributed by atoms with Crippen LogP contribution < -0.4 is 5.32 Å². The number of carbonyl (C=O) groups excluding carboxylic acids is 1. The van der Waals surface area contributed by atoms with E-state index in [-0.39, 0.29) is 18.2 Å². The Labute approximate surface area is 121 Å². The van der Waals surface area contributed by atoms with Crippen molar-refractivity contribution in [1.29, 1.82) is 0 Å². The molecule has 0 bridgehead atoms. The number of carbonyl (C=O) groups is 1. The third kappa shape index (κ3) is 3.19. The van der Waals surface area contributed by atoms with Crippen molar-refractivity contribution in [3.63, 3.8) is 0 Å². The van der Waals surface area contributed by atoms with Crippen LogP contribution in [0.2, 0.25) is 0 Å². The summed E-state index contributed by atoms with van der Waals surface area (Å²) >= 11 is 0. The molecule has 4 heteroatoms. The molecule has 1 aromatic carbocycles. The second-order valence-electron chi connectivity index (χ2n) is 5.46. The number of rotatable bonds is 5. The maximum Gasteiger partial charge on any atom is 0.238 e. The summed E-state index contributed by atoms with van der Waals surface area (Å²) in [6.07, 6.45) is 0.0168. The third-order valence-corrected chi connectivity index (χ3v) is 3.70. The highest BCUT2D eigenvalue weighted by molar-refractivity contribution is 5.81. The first-order valence-electron chi connectivity index (χ1n) is 7.24. The van der Waals surface area contributed by atoms with Gasteiger partial charge in [-0.1, -0.05) is 23.8 Å². The van der Waals surface area contributed by atoms with Crippen LogP contribution in [-0.4, -0.2) is 36.6 Å². The lowest BCUT2D eigenvalue weighted by Crippen LogP contribution is -2.37. The van der Waals surface area contributed by atoms with Crippen LogP contribution >= 0.6 is 0 Å². The zero-order chi connectivity index (χ0) is 14.7. The molecule has 1 aromatic rings. The molecule has 110 valence electrons. The highest BCUT2D eigenvalue weighted by Crippen LogP contribution is 2.26. The van der Waals surface area contributed by atoms with Gasteiger partial charge in [-0.05, 0) is 38.8 Å². The van der Waals surface area contributed by atoms with Crippen LogP contribution in [0.25, 0.3) is 0 Å². The van der Waals surface area contributed by atoms with E-state index in [0.29, 0.717) is 19.7 Å². The normalized spacial score (nSPS) is 20.5. The summed E-state index contributed by atoms with van der Waals surface area (Å²) in [5.41, 5.74) is 3.63. The third-order valence-electron chi connectivity index (χ3n) is 3.70. The molecule has 1 fully saturated rings. The number of nitrogens with zero attached hydrogens (tertiary/aromatic N) is 1. The van der Waals surface area contributed by atoms with E-state index in [0.717, 1.165) is 0 Å². The Kier molecular flexibility index (Phi) is 4.78. The van der Waals surface area contributed by atoms with Crippen molar-refractivity contribution in [2.45, 2.75) is 40.0 Å². The minimum Gasteiger partial charge on any atom is -0.377 e. The minimum atomic E-state index is -0.0361. The van der Waals surface area contributed by atoms with Crippen LogP contribution in [0.3, 0.4) is 0 Å². The number of hydrogen-bond donors (Lipinski definition) is 1. The summed E-state index contributed by atoms with van der Waals surface area (Å²) in [6.45, 7) is 9.85. The lowest BCUT2D eigenvalue weighted by Gasteiger charge is -2.28. The topological polar surface area (TPSA) is 41.6 Å². The maximum absolute atomic E-state index is 12.1. The van der Waals surface area contributed by atoms with Gasteiger partial charge in [-0.25, -0.2) is 0 Å². The number of ether oxygens (including phenoxy) is 1. The van der Waals surface area contributed by atoms with Crippen LogP contribution in [0.15, 0.2) is 18.2 Å². The molecule has 20 heavy (non-hydrogen) atoms. The lowest BCUT2D eigenvalue weighted by atomic mass is 10.0. The first-order valence-corrected chi connectivity index (χ1v) is 7.24. The average molecular weight is 276 g/mol. The smallest absolute Gasteiger partial charge is 0.238 e. The van der Waals surface area contributed by atoms with Crippen LogP contribution in [0.4, 0.5) is 0 Å². The van der Waals surface area contributed by atoms with E-state index in [1.807, 2.05) is 18.7 Å². The van der Waals surface area contributed by atoms with E-state index in [1.165, 1.54) is 16.7 Å².